The Morgan fingerprint density at radius 2 is 1.70 bits per heavy atom. The summed E-state index contributed by atoms with van der Waals surface area (Å²) in [7, 11) is 0. The third kappa shape index (κ3) is 4.13. The van der Waals surface area contributed by atoms with Gasteiger partial charge in [0.1, 0.15) is 5.75 Å². The molecule has 3 nitrogen and oxygen atoms in total. The van der Waals surface area contributed by atoms with Gasteiger partial charge < -0.3 is 10.1 Å². The van der Waals surface area contributed by atoms with Crippen molar-refractivity contribution in [3.8, 4) is 5.75 Å². The molecule has 0 aliphatic carbocycles. The Hall–Kier alpha value is -2.29. The van der Waals surface area contributed by atoms with Crippen molar-refractivity contribution in [2.45, 2.75) is 46.6 Å². The molecule has 1 atom stereocenters. The van der Waals surface area contributed by atoms with Crippen molar-refractivity contribution < 1.29 is 9.53 Å². The molecule has 2 rings (SSSR count). The number of rotatable bonds is 5. The molecule has 0 aliphatic rings. The second kappa shape index (κ2) is 7.32. The van der Waals surface area contributed by atoms with Gasteiger partial charge >= 0.3 is 0 Å². The number of hydrogen-bond acceptors (Lipinski definition) is 2. The average Bonchev–Trinajstić information content (AvgIpc) is 2.52. The molecular formula is C20H25NO2. The first-order valence-electron chi connectivity index (χ1n) is 8.02. The van der Waals surface area contributed by atoms with Crippen molar-refractivity contribution in [3.63, 3.8) is 0 Å². The fourth-order valence-electron chi connectivity index (χ4n) is 2.43. The van der Waals surface area contributed by atoms with Crippen LogP contribution in [0, 0.1) is 13.8 Å². The topological polar surface area (TPSA) is 38.3 Å². The Balaban J connectivity index is 2.10. The van der Waals surface area contributed by atoms with Gasteiger partial charge in [0, 0.05) is 5.69 Å². The molecule has 23 heavy (non-hydrogen) atoms. The summed E-state index contributed by atoms with van der Waals surface area (Å²) >= 11 is 0. The lowest BCUT2D eigenvalue weighted by Gasteiger charge is -2.19. The smallest absolute Gasteiger partial charge is 0.265 e. The first-order chi connectivity index (χ1) is 10.9. The van der Waals surface area contributed by atoms with Crippen LogP contribution in [-0.4, -0.2) is 12.0 Å². The molecule has 0 saturated carbocycles. The van der Waals surface area contributed by atoms with Gasteiger partial charge in [0.25, 0.3) is 5.91 Å². The number of carbonyl (C=O) groups excluding carboxylic acids is 1. The average molecular weight is 311 g/mol. The monoisotopic (exact) mass is 311 g/mol. The van der Waals surface area contributed by atoms with Gasteiger partial charge in [0.2, 0.25) is 0 Å². The molecule has 1 unspecified atom stereocenters. The van der Waals surface area contributed by atoms with E-state index in [1.807, 2.05) is 56.3 Å². The number of aryl methyl sites for hydroxylation is 1. The van der Waals surface area contributed by atoms with Crippen LogP contribution >= 0.6 is 0 Å². The fraction of sp³-hybridized carbons (Fsp3) is 0.350. The predicted octanol–water partition coefficient (Wildman–Crippen LogP) is 4.83. The van der Waals surface area contributed by atoms with Crippen LogP contribution in [0.15, 0.2) is 42.5 Å². The highest BCUT2D eigenvalue weighted by Crippen LogP contribution is 2.27. The summed E-state index contributed by atoms with van der Waals surface area (Å²) in [5.41, 5.74) is 4.18. The van der Waals surface area contributed by atoms with Crippen LogP contribution in [0.4, 0.5) is 5.69 Å². The van der Waals surface area contributed by atoms with Gasteiger partial charge in [-0.1, -0.05) is 44.2 Å². The SMILES string of the molecule is Cc1cccc(NC(=O)C(C)Oc2ccccc2C(C)C)c1C. The van der Waals surface area contributed by atoms with Gasteiger partial charge in [-0.15, -0.1) is 0 Å². The maximum Gasteiger partial charge on any atom is 0.265 e. The van der Waals surface area contributed by atoms with E-state index in [0.29, 0.717) is 5.92 Å². The van der Waals surface area contributed by atoms with E-state index in [2.05, 4.69) is 19.2 Å². The summed E-state index contributed by atoms with van der Waals surface area (Å²) in [6, 6.07) is 13.8. The highest BCUT2D eigenvalue weighted by molar-refractivity contribution is 5.94. The zero-order valence-corrected chi connectivity index (χ0v) is 14.5. The van der Waals surface area contributed by atoms with Crippen LogP contribution in [-0.2, 0) is 4.79 Å². The molecule has 1 N–H and O–H groups in total. The number of benzene rings is 2. The van der Waals surface area contributed by atoms with Crippen LogP contribution < -0.4 is 10.1 Å². The van der Waals surface area contributed by atoms with E-state index in [1.54, 1.807) is 6.92 Å². The minimum absolute atomic E-state index is 0.141. The van der Waals surface area contributed by atoms with Crippen LogP contribution in [0.1, 0.15) is 43.4 Å². The number of hydrogen-bond donors (Lipinski definition) is 1. The van der Waals surface area contributed by atoms with E-state index in [1.165, 1.54) is 0 Å². The van der Waals surface area contributed by atoms with E-state index < -0.39 is 6.10 Å². The Bertz CT molecular complexity index is 692. The molecule has 0 bridgehead atoms. The molecule has 0 saturated heterocycles. The molecule has 0 spiro atoms. The number of nitrogens with one attached hydrogen (secondary N) is 1. The number of ether oxygens (including phenoxy) is 1. The number of amides is 1. The van der Waals surface area contributed by atoms with E-state index >= 15 is 0 Å². The van der Waals surface area contributed by atoms with Gasteiger partial charge in [-0.3, -0.25) is 4.79 Å². The van der Waals surface area contributed by atoms with E-state index in [0.717, 1.165) is 28.1 Å². The van der Waals surface area contributed by atoms with Crippen LogP contribution in [0.5, 0.6) is 5.75 Å². The summed E-state index contributed by atoms with van der Waals surface area (Å²) in [4.78, 5) is 12.4. The Morgan fingerprint density at radius 1 is 1.00 bits per heavy atom. The minimum Gasteiger partial charge on any atom is -0.481 e. The lowest BCUT2D eigenvalue weighted by molar-refractivity contribution is -0.122. The quantitative estimate of drug-likeness (QED) is 0.858. The molecule has 0 aliphatic heterocycles. The van der Waals surface area contributed by atoms with Crippen molar-refractivity contribution in [3.05, 3.63) is 59.2 Å². The molecule has 122 valence electrons. The summed E-state index contributed by atoms with van der Waals surface area (Å²) in [6.45, 7) is 10.0. The third-order valence-electron chi connectivity index (χ3n) is 4.08. The predicted molar refractivity (Wildman–Crippen MR) is 95.2 cm³/mol. The highest BCUT2D eigenvalue weighted by Gasteiger charge is 2.18. The Kier molecular flexibility index (Phi) is 5.43. The molecule has 0 aromatic heterocycles. The number of para-hydroxylation sites is 1. The van der Waals surface area contributed by atoms with E-state index in [-0.39, 0.29) is 5.91 Å². The van der Waals surface area contributed by atoms with Crippen molar-refractivity contribution in [1.82, 2.24) is 0 Å². The van der Waals surface area contributed by atoms with E-state index in [9.17, 15) is 4.79 Å². The van der Waals surface area contributed by atoms with Crippen LogP contribution in [0.2, 0.25) is 0 Å². The van der Waals surface area contributed by atoms with Gasteiger partial charge in [0.05, 0.1) is 0 Å². The summed E-state index contributed by atoms with van der Waals surface area (Å²) < 4.78 is 5.90. The van der Waals surface area contributed by atoms with Gasteiger partial charge in [-0.05, 0) is 55.5 Å². The Morgan fingerprint density at radius 3 is 2.39 bits per heavy atom. The molecule has 2 aromatic carbocycles. The molecule has 0 fully saturated rings. The summed E-state index contributed by atoms with van der Waals surface area (Å²) in [6.07, 6.45) is -0.560. The zero-order chi connectivity index (χ0) is 17.0. The third-order valence-corrected chi connectivity index (χ3v) is 4.08. The zero-order valence-electron chi connectivity index (χ0n) is 14.5. The Labute approximate surface area is 138 Å². The summed E-state index contributed by atoms with van der Waals surface area (Å²) in [5, 5.41) is 2.96. The fourth-order valence-corrected chi connectivity index (χ4v) is 2.43. The van der Waals surface area contributed by atoms with Crippen LogP contribution in [0.3, 0.4) is 0 Å². The van der Waals surface area contributed by atoms with E-state index in [4.69, 9.17) is 4.74 Å². The van der Waals surface area contributed by atoms with Crippen molar-refractivity contribution in [2.24, 2.45) is 0 Å². The molecule has 0 heterocycles. The first-order valence-corrected chi connectivity index (χ1v) is 8.02. The number of carbonyl (C=O) groups is 1. The normalized spacial score (nSPS) is 12.1. The number of anilines is 1. The molecular weight excluding hydrogens is 286 g/mol. The minimum atomic E-state index is -0.560. The lowest BCUT2D eigenvalue weighted by Crippen LogP contribution is -2.30. The second-order valence-electron chi connectivity index (χ2n) is 6.19. The van der Waals surface area contributed by atoms with Gasteiger partial charge in [0.15, 0.2) is 6.10 Å². The van der Waals surface area contributed by atoms with Crippen molar-refractivity contribution in [1.29, 1.82) is 0 Å². The molecule has 0 radical (unpaired) electrons. The molecule has 2 aromatic rings. The summed E-state index contributed by atoms with van der Waals surface area (Å²) in [5.74, 6) is 0.976. The maximum atomic E-state index is 12.4. The standard InChI is InChI=1S/C20H25NO2/c1-13(2)17-10-6-7-12-19(17)23-16(5)20(22)21-18-11-8-9-14(3)15(18)4/h6-13,16H,1-5H3,(H,21,22). The van der Waals surface area contributed by atoms with Gasteiger partial charge in [-0.25, -0.2) is 0 Å². The largest absolute Gasteiger partial charge is 0.481 e. The highest BCUT2D eigenvalue weighted by atomic mass is 16.5. The van der Waals surface area contributed by atoms with Crippen molar-refractivity contribution in [2.75, 3.05) is 5.32 Å². The molecule has 1 amide bonds. The lowest BCUT2D eigenvalue weighted by atomic mass is 10.0. The van der Waals surface area contributed by atoms with Crippen molar-refractivity contribution >= 4 is 11.6 Å². The van der Waals surface area contributed by atoms with Crippen LogP contribution in [0.25, 0.3) is 0 Å². The maximum absolute atomic E-state index is 12.4. The molecule has 3 heteroatoms. The van der Waals surface area contributed by atoms with Gasteiger partial charge in [-0.2, -0.15) is 0 Å². The second-order valence-corrected chi connectivity index (χ2v) is 6.19. The first kappa shape index (κ1) is 17.1.